The fraction of sp³-hybridized carbons (Fsp3) is 0.316. The van der Waals surface area contributed by atoms with Crippen molar-refractivity contribution >= 4 is 17.5 Å². The van der Waals surface area contributed by atoms with E-state index in [-0.39, 0.29) is 17.7 Å². The highest BCUT2D eigenvalue weighted by atomic mass is 16.2. The number of hydrogen-bond donors (Lipinski definition) is 3. The smallest absolute Gasteiger partial charge is 0.255 e. The summed E-state index contributed by atoms with van der Waals surface area (Å²) >= 11 is 0. The molecule has 3 rings (SSSR count). The summed E-state index contributed by atoms with van der Waals surface area (Å²) in [7, 11) is 0. The molecular formula is C19H22N4O2. The van der Waals surface area contributed by atoms with Crippen LogP contribution in [0, 0.1) is 11.8 Å². The zero-order valence-electron chi connectivity index (χ0n) is 14.2. The van der Waals surface area contributed by atoms with Crippen molar-refractivity contribution in [2.75, 3.05) is 18.4 Å². The van der Waals surface area contributed by atoms with Gasteiger partial charge in [0.05, 0.1) is 0 Å². The highest BCUT2D eigenvalue weighted by Crippen LogP contribution is 2.16. The molecule has 1 unspecified atom stereocenters. The van der Waals surface area contributed by atoms with Gasteiger partial charge in [-0.25, -0.2) is 0 Å². The first-order valence-electron chi connectivity index (χ1n) is 8.42. The molecule has 2 heterocycles. The zero-order chi connectivity index (χ0) is 17.6. The molecule has 1 fully saturated rings. The first-order valence-corrected chi connectivity index (χ1v) is 8.42. The summed E-state index contributed by atoms with van der Waals surface area (Å²) in [5, 5.41) is 8.96. The van der Waals surface area contributed by atoms with Gasteiger partial charge >= 0.3 is 0 Å². The second-order valence-electron chi connectivity index (χ2n) is 6.31. The number of anilines is 1. The van der Waals surface area contributed by atoms with E-state index in [0.29, 0.717) is 23.7 Å². The topological polar surface area (TPSA) is 83.1 Å². The Bertz CT molecular complexity index is 727. The summed E-state index contributed by atoms with van der Waals surface area (Å²) in [6, 6.07) is 10.7. The van der Waals surface area contributed by atoms with Crippen LogP contribution >= 0.6 is 0 Å². The Morgan fingerprint density at radius 1 is 1.16 bits per heavy atom. The molecule has 2 aromatic rings. The van der Waals surface area contributed by atoms with E-state index in [1.165, 1.54) is 0 Å². The summed E-state index contributed by atoms with van der Waals surface area (Å²) in [5.41, 5.74) is 2.24. The number of carbonyl (C=O) groups is 2. The van der Waals surface area contributed by atoms with Gasteiger partial charge in [-0.2, -0.15) is 0 Å². The average molecular weight is 338 g/mol. The van der Waals surface area contributed by atoms with Gasteiger partial charge in [0.15, 0.2) is 0 Å². The maximum atomic E-state index is 12.2. The number of amides is 2. The molecule has 0 radical (unpaired) electrons. The summed E-state index contributed by atoms with van der Waals surface area (Å²) in [6.45, 7) is 4.26. The third kappa shape index (κ3) is 4.42. The van der Waals surface area contributed by atoms with Crippen LogP contribution in [0.5, 0.6) is 0 Å². The van der Waals surface area contributed by atoms with E-state index in [4.69, 9.17) is 0 Å². The van der Waals surface area contributed by atoms with Crippen LogP contribution in [0.15, 0.2) is 48.8 Å². The molecule has 1 aromatic carbocycles. The molecule has 3 N–H and O–H groups in total. The number of aromatic nitrogens is 1. The first kappa shape index (κ1) is 17.1. The average Bonchev–Trinajstić information content (AvgIpc) is 2.59. The van der Waals surface area contributed by atoms with Crippen molar-refractivity contribution in [3.8, 4) is 0 Å². The van der Waals surface area contributed by atoms with Crippen LogP contribution in [0.1, 0.15) is 22.8 Å². The van der Waals surface area contributed by atoms with E-state index < -0.39 is 0 Å². The minimum atomic E-state index is -0.173. The van der Waals surface area contributed by atoms with Gasteiger partial charge in [-0.05, 0) is 48.8 Å². The summed E-state index contributed by atoms with van der Waals surface area (Å²) in [5.74, 6) is 0.352. The molecule has 6 nitrogen and oxygen atoms in total. The van der Waals surface area contributed by atoms with E-state index in [1.54, 1.807) is 36.7 Å². The van der Waals surface area contributed by atoms with Crippen molar-refractivity contribution < 1.29 is 9.59 Å². The Kier molecular flexibility index (Phi) is 5.40. The second-order valence-corrected chi connectivity index (χ2v) is 6.31. The molecule has 0 spiro atoms. The SMILES string of the molecule is CC(C(=O)NCc1ccc(C(=O)Nc2ccncc2)cc1)C1CNC1. The molecule has 1 atom stereocenters. The second kappa shape index (κ2) is 7.90. The molecule has 1 aliphatic heterocycles. The Morgan fingerprint density at radius 3 is 2.44 bits per heavy atom. The number of benzene rings is 1. The normalized spacial score (nSPS) is 15.1. The van der Waals surface area contributed by atoms with Gasteiger partial charge in [0.25, 0.3) is 5.91 Å². The van der Waals surface area contributed by atoms with Crippen molar-refractivity contribution in [1.82, 2.24) is 15.6 Å². The van der Waals surface area contributed by atoms with Crippen molar-refractivity contribution in [2.24, 2.45) is 11.8 Å². The highest BCUT2D eigenvalue weighted by molar-refractivity contribution is 6.04. The van der Waals surface area contributed by atoms with Crippen LogP contribution in [0.2, 0.25) is 0 Å². The Morgan fingerprint density at radius 2 is 1.84 bits per heavy atom. The number of nitrogens with zero attached hydrogens (tertiary/aromatic N) is 1. The fourth-order valence-electron chi connectivity index (χ4n) is 2.64. The van der Waals surface area contributed by atoms with Gasteiger partial charge in [0.1, 0.15) is 0 Å². The largest absolute Gasteiger partial charge is 0.352 e. The van der Waals surface area contributed by atoms with Crippen molar-refractivity contribution in [3.63, 3.8) is 0 Å². The van der Waals surface area contributed by atoms with Gasteiger partial charge in [-0.1, -0.05) is 19.1 Å². The quantitative estimate of drug-likeness (QED) is 0.750. The molecule has 0 saturated carbocycles. The van der Waals surface area contributed by atoms with Crippen LogP contribution in [0.4, 0.5) is 5.69 Å². The van der Waals surface area contributed by atoms with Crippen LogP contribution in [0.3, 0.4) is 0 Å². The molecule has 1 aliphatic rings. The molecule has 1 saturated heterocycles. The predicted octanol–water partition coefficient (Wildman–Crippen LogP) is 1.81. The van der Waals surface area contributed by atoms with E-state index in [0.717, 1.165) is 18.7 Å². The standard InChI is InChI=1S/C19H22N4O2/c1-13(16-11-21-12-16)18(24)22-10-14-2-4-15(5-3-14)19(25)23-17-6-8-20-9-7-17/h2-9,13,16,21H,10-12H2,1H3,(H,22,24)(H,20,23,25). The van der Waals surface area contributed by atoms with Crippen LogP contribution in [-0.2, 0) is 11.3 Å². The number of pyridine rings is 1. The lowest BCUT2D eigenvalue weighted by Gasteiger charge is -2.31. The van der Waals surface area contributed by atoms with E-state index in [9.17, 15) is 9.59 Å². The maximum Gasteiger partial charge on any atom is 0.255 e. The summed E-state index contributed by atoms with van der Waals surface area (Å²) in [4.78, 5) is 28.2. The molecule has 25 heavy (non-hydrogen) atoms. The van der Waals surface area contributed by atoms with E-state index in [1.807, 2.05) is 19.1 Å². The summed E-state index contributed by atoms with van der Waals surface area (Å²) < 4.78 is 0. The maximum absolute atomic E-state index is 12.2. The predicted molar refractivity (Wildman–Crippen MR) is 96.0 cm³/mol. The third-order valence-electron chi connectivity index (χ3n) is 4.55. The first-order chi connectivity index (χ1) is 12.1. The molecule has 2 amide bonds. The van der Waals surface area contributed by atoms with Crippen molar-refractivity contribution in [3.05, 3.63) is 59.9 Å². The highest BCUT2D eigenvalue weighted by Gasteiger charge is 2.28. The minimum Gasteiger partial charge on any atom is -0.352 e. The number of nitrogens with one attached hydrogen (secondary N) is 3. The Labute approximate surface area is 147 Å². The molecular weight excluding hydrogens is 316 g/mol. The Hall–Kier alpha value is -2.73. The minimum absolute atomic E-state index is 0.0201. The lowest BCUT2D eigenvalue weighted by atomic mass is 9.88. The van der Waals surface area contributed by atoms with Gasteiger partial charge in [-0.15, -0.1) is 0 Å². The van der Waals surface area contributed by atoms with Gasteiger partial charge < -0.3 is 16.0 Å². The van der Waals surface area contributed by atoms with Gasteiger partial charge in [0.2, 0.25) is 5.91 Å². The fourth-order valence-corrected chi connectivity index (χ4v) is 2.64. The number of carbonyl (C=O) groups excluding carboxylic acids is 2. The van der Waals surface area contributed by atoms with E-state index >= 15 is 0 Å². The zero-order valence-corrected chi connectivity index (χ0v) is 14.2. The third-order valence-corrected chi connectivity index (χ3v) is 4.55. The lowest BCUT2D eigenvalue weighted by Crippen LogP contribution is -2.49. The summed E-state index contributed by atoms with van der Waals surface area (Å²) in [6.07, 6.45) is 3.25. The van der Waals surface area contributed by atoms with E-state index in [2.05, 4.69) is 20.9 Å². The molecule has 1 aromatic heterocycles. The van der Waals surface area contributed by atoms with Gasteiger partial charge in [-0.3, -0.25) is 14.6 Å². The molecule has 130 valence electrons. The Balaban J connectivity index is 1.51. The van der Waals surface area contributed by atoms with Crippen molar-refractivity contribution in [1.29, 1.82) is 0 Å². The molecule has 0 aliphatic carbocycles. The number of hydrogen-bond acceptors (Lipinski definition) is 4. The molecule has 6 heteroatoms. The monoisotopic (exact) mass is 338 g/mol. The van der Waals surface area contributed by atoms with Gasteiger partial charge in [0, 0.05) is 36.1 Å². The van der Waals surface area contributed by atoms with Crippen molar-refractivity contribution in [2.45, 2.75) is 13.5 Å². The van der Waals surface area contributed by atoms with Crippen LogP contribution < -0.4 is 16.0 Å². The molecule has 0 bridgehead atoms. The lowest BCUT2D eigenvalue weighted by molar-refractivity contribution is -0.126. The van der Waals surface area contributed by atoms with Crippen LogP contribution in [0.25, 0.3) is 0 Å². The number of rotatable bonds is 6. The van der Waals surface area contributed by atoms with Crippen LogP contribution in [-0.4, -0.2) is 29.9 Å².